The highest BCUT2D eigenvalue weighted by Gasteiger charge is 2.34. The zero-order valence-electron chi connectivity index (χ0n) is 7.83. The zero-order valence-corrected chi connectivity index (χ0v) is 7.83. The lowest BCUT2D eigenvalue weighted by atomic mass is 10.1. The van der Waals surface area contributed by atoms with Gasteiger partial charge in [0.05, 0.1) is 12.1 Å². The zero-order chi connectivity index (χ0) is 10.5. The summed E-state index contributed by atoms with van der Waals surface area (Å²) in [6, 6.07) is 0. The van der Waals surface area contributed by atoms with E-state index in [9.17, 15) is 9.59 Å². The minimum absolute atomic E-state index is 0.116. The van der Waals surface area contributed by atoms with Gasteiger partial charge < -0.3 is 14.4 Å². The van der Waals surface area contributed by atoms with Crippen LogP contribution in [0.25, 0.3) is 0 Å². The van der Waals surface area contributed by atoms with Crippen molar-refractivity contribution in [3.63, 3.8) is 0 Å². The number of fused-ring (bicyclic) bond motifs is 1. The summed E-state index contributed by atoms with van der Waals surface area (Å²) in [5, 5.41) is 8.81. The van der Waals surface area contributed by atoms with Crippen LogP contribution in [0.1, 0.15) is 32.2 Å². The summed E-state index contributed by atoms with van der Waals surface area (Å²) in [4.78, 5) is 23.8. The number of hydrogen-bond donors (Lipinski definition) is 1. The van der Waals surface area contributed by atoms with Gasteiger partial charge in [0.15, 0.2) is 0 Å². The van der Waals surface area contributed by atoms with E-state index in [0.717, 1.165) is 0 Å². The van der Waals surface area contributed by atoms with Gasteiger partial charge in [-0.1, -0.05) is 0 Å². The number of nitrogens with zero attached hydrogens (tertiary/aromatic N) is 1. The van der Waals surface area contributed by atoms with Gasteiger partial charge in [-0.15, -0.1) is 0 Å². The maximum absolute atomic E-state index is 11.5. The van der Waals surface area contributed by atoms with Crippen LogP contribution in [0.3, 0.4) is 0 Å². The van der Waals surface area contributed by atoms with E-state index in [1.807, 2.05) is 0 Å². The number of carboxylic acids is 1. The number of hydrogen-bond acceptors (Lipinski definition) is 3. The summed E-state index contributed by atoms with van der Waals surface area (Å²) in [5.41, 5.74) is 0.896. The quantitative estimate of drug-likeness (QED) is 0.721. The molecule has 0 unspecified atom stereocenters. The molecule has 1 amide bonds. The molecule has 0 atom stereocenters. The second kappa shape index (κ2) is 2.60. The average molecular weight is 195 g/mol. The van der Waals surface area contributed by atoms with E-state index in [1.54, 1.807) is 14.0 Å². The minimum Gasteiger partial charge on any atom is -0.475 e. The van der Waals surface area contributed by atoms with Crippen molar-refractivity contribution < 1.29 is 19.1 Å². The molecule has 0 radical (unpaired) electrons. The highest BCUT2D eigenvalue weighted by Crippen LogP contribution is 2.30. The van der Waals surface area contributed by atoms with E-state index in [0.29, 0.717) is 23.4 Å². The van der Waals surface area contributed by atoms with E-state index in [4.69, 9.17) is 9.52 Å². The maximum atomic E-state index is 11.5. The molecular weight excluding hydrogens is 186 g/mol. The van der Waals surface area contributed by atoms with E-state index < -0.39 is 5.97 Å². The molecule has 0 aliphatic carbocycles. The minimum atomic E-state index is -1.13. The first-order chi connectivity index (χ1) is 6.52. The fourth-order valence-electron chi connectivity index (χ4n) is 1.69. The van der Waals surface area contributed by atoms with Crippen molar-refractivity contribution in [2.75, 3.05) is 7.05 Å². The van der Waals surface area contributed by atoms with Crippen LogP contribution in [-0.2, 0) is 6.54 Å². The number of carbonyl (C=O) groups is 2. The Hall–Kier alpha value is -1.78. The van der Waals surface area contributed by atoms with Crippen LogP contribution < -0.4 is 0 Å². The molecule has 14 heavy (non-hydrogen) atoms. The molecule has 0 spiro atoms. The fraction of sp³-hybridized carbons (Fsp3) is 0.333. The molecule has 1 aromatic rings. The third kappa shape index (κ3) is 0.951. The molecule has 74 valence electrons. The summed E-state index contributed by atoms with van der Waals surface area (Å²) in [6.07, 6.45) is 0. The molecule has 5 nitrogen and oxygen atoms in total. The summed E-state index contributed by atoms with van der Waals surface area (Å²) < 4.78 is 5.02. The molecule has 0 bridgehead atoms. The van der Waals surface area contributed by atoms with Gasteiger partial charge in [-0.25, -0.2) is 4.79 Å². The van der Waals surface area contributed by atoms with Gasteiger partial charge in [0.2, 0.25) is 5.76 Å². The van der Waals surface area contributed by atoms with Crippen LogP contribution in [0.5, 0.6) is 0 Å². The highest BCUT2D eigenvalue weighted by atomic mass is 16.4. The Balaban J connectivity index is 2.63. The lowest BCUT2D eigenvalue weighted by molar-refractivity contribution is 0.0654. The molecule has 2 rings (SSSR count). The largest absolute Gasteiger partial charge is 0.475 e. The molecule has 2 heterocycles. The standard InChI is InChI=1S/C9H9NO4/c1-4-6-5(3-10(2)8(6)11)7(14-4)9(12)13/h3H2,1-2H3,(H,12,13). The second-order valence-corrected chi connectivity index (χ2v) is 3.31. The first-order valence-electron chi connectivity index (χ1n) is 4.13. The number of aromatic carboxylic acids is 1. The van der Waals surface area contributed by atoms with E-state index >= 15 is 0 Å². The smallest absolute Gasteiger partial charge is 0.372 e. The molecule has 1 aliphatic heterocycles. The van der Waals surface area contributed by atoms with E-state index in [-0.39, 0.29) is 11.7 Å². The lowest BCUT2D eigenvalue weighted by Crippen LogP contribution is -2.18. The van der Waals surface area contributed by atoms with Crippen molar-refractivity contribution in [2.45, 2.75) is 13.5 Å². The third-order valence-corrected chi connectivity index (χ3v) is 2.33. The first kappa shape index (κ1) is 8.80. The molecule has 0 fully saturated rings. The summed E-state index contributed by atoms with van der Waals surface area (Å²) >= 11 is 0. The van der Waals surface area contributed by atoms with Gasteiger partial charge in [-0.05, 0) is 6.92 Å². The van der Waals surface area contributed by atoms with Gasteiger partial charge in [0, 0.05) is 12.6 Å². The Morgan fingerprint density at radius 3 is 2.79 bits per heavy atom. The summed E-state index contributed by atoms with van der Waals surface area (Å²) in [7, 11) is 1.63. The molecule has 1 aromatic heterocycles. The lowest BCUT2D eigenvalue weighted by Gasteiger charge is -2.06. The molecular formula is C9H9NO4. The van der Waals surface area contributed by atoms with Crippen molar-refractivity contribution >= 4 is 11.9 Å². The highest BCUT2D eigenvalue weighted by molar-refractivity contribution is 6.02. The first-order valence-corrected chi connectivity index (χ1v) is 4.13. The van der Waals surface area contributed by atoms with Crippen molar-refractivity contribution in [1.29, 1.82) is 0 Å². The van der Waals surface area contributed by atoms with Crippen LogP contribution in [0, 0.1) is 6.92 Å². The average Bonchev–Trinajstić information content (AvgIpc) is 2.55. The van der Waals surface area contributed by atoms with Crippen molar-refractivity contribution in [2.24, 2.45) is 0 Å². The number of furan rings is 1. The van der Waals surface area contributed by atoms with Crippen molar-refractivity contribution in [1.82, 2.24) is 4.90 Å². The predicted octanol–water partition coefficient (Wildman–Crippen LogP) is 0.872. The van der Waals surface area contributed by atoms with Gasteiger partial charge in [-0.3, -0.25) is 4.79 Å². The van der Waals surface area contributed by atoms with E-state index in [1.165, 1.54) is 4.90 Å². The van der Waals surface area contributed by atoms with Gasteiger partial charge in [0.25, 0.3) is 5.91 Å². The van der Waals surface area contributed by atoms with Crippen molar-refractivity contribution in [3.8, 4) is 0 Å². The maximum Gasteiger partial charge on any atom is 0.372 e. The van der Waals surface area contributed by atoms with Gasteiger partial charge in [-0.2, -0.15) is 0 Å². The van der Waals surface area contributed by atoms with E-state index in [2.05, 4.69) is 0 Å². The third-order valence-electron chi connectivity index (χ3n) is 2.33. The van der Waals surface area contributed by atoms with Crippen LogP contribution in [0.4, 0.5) is 0 Å². The summed E-state index contributed by atoms with van der Waals surface area (Å²) in [6.45, 7) is 1.91. The summed E-state index contributed by atoms with van der Waals surface area (Å²) in [5.74, 6) is -1.03. The Labute approximate surface area is 79.9 Å². The normalized spacial score (nSPS) is 14.7. The predicted molar refractivity (Wildman–Crippen MR) is 46.2 cm³/mol. The number of carboxylic acid groups (broad SMARTS) is 1. The Morgan fingerprint density at radius 2 is 2.21 bits per heavy atom. The van der Waals surface area contributed by atoms with Crippen LogP contribution >= 0.6 is 0 Å². The monoisotopic (exact) mass is 195 g/mol. The number of aryl methyl sites for hydroxylation is 1. The number of rotatable bonds is 1. The topological polar surface area (TPSA) is 70.7 Å². The molecule has 0 saturated heterocycles. The van der Waals surface area contributed by atoms with Crippen LogP contribution in [0.2, 0.25) is 0 Å². The Kier molecular flexibility index (Phi) is 1.64. The fourth-order valence-corrected chi connectivity index (χ4v) is 1.69. The van der Waals surface area contributed by atoms with Gasteiger partial charge in [0.1, 0.15) is 5.76 Å². The van der Waals surface area contributed by atoms with Crippen LogP contribution in [-0.4, -0.2) is 28.9 Å². The molecule has 0 saturated carbocycles. The molecule has 0 aromatic carbocycles. The molecule has 1 aliphatic rings. The van der Waals surface area contributed by atoms with Gasteiger partial charge >= 0.3 is 5.97 Å². The van der Waals surface area contributed by atoms with Crippen molar-refractivity contribution in [3.05, 3.63) is 22.6 Å². The second-order valence-electron chi connectivity index (χ2n) is 3.31. The Bertz CT molecular complexity index is 432. The molecule has 1 N–H and O–H groups in total. The number of carbonyl (C=O) groups excluding carboxylic acids is 1. The number of amides is 1. The van der Waals surface area contributed by atoms with Crippen LogP contribution in [0.15, 0.2) is 4.42 Å². The molecule has 5 heteroatoms. The Morgan fingerprint density at radius 1 is 1.57 bits per heavy atom. The SMILES string of the molecule is Cc1oc(C(=O)O)c2c1C(=O)N(C)C2.